The molecule has 0 bridgehead atoms. The minimum Gasteiger partial charge on any atom is -0.770 e. The van der Waals surface area contributed by atoms with Crippen molar-refractivity contribution in [2.75, 3.05) is 0 Å². The number of aliphatic carboxylic acids is 1. The normalized spacial score (nSPS) is 12.6. The summed E-state index contributed by atoms with van der Waals surface area (Å²) in [4.78, 5) is 10.1. The van der Waals surface area contributed by atoms with Crippen molar-refractivity contribution in [3.8, 4) is 12.1 Å². The molecule has 0 aromatic rings. The maximum absolute atomic E-state index is 10.1. The number of nitriles is 2. The second-order valence-corrected chi connectivity index (χ2v) is 2.53. The van der Waals surface area contributed by atoms with Crippen molar-refractivity contribution in [1.82, 2.24) is 0 Å². The van der Waals surface area contributed by atoms with Crippen LogP contribution in [0.3, 0.4) is 0 Å². The topological polar surface area (TPSA) is 125 Å². The van der Waals surface area contributed by atoms with Gasteiger partial charge in [-0.3, -0.25) is 4.21 Å². The molecular formula is C4HN2O4S-. The van der Waals surface area contributed by atoms with Gasteiger partial charge >= 0.3 is 5.97 Å². The number of rotatable bonds is 2. The third-order valence-electron chi connectivity index (χ3n) is 0.866. The van der Waals surface area contributed by atoms with Crippen molar-refractivity contribution in [3.63, 3.8) is 0 Å². The number of hydrogen-bond donors (Lipinski definition) is 1. The highest BCUT2D eigenvalue weighted by atomic mass is 32.2. The molecule has 0 rings (SSSR count). The van der Waals surface area contributed by atoms with Gasteiger partial charge in [-0.2, -0.15) is 10.5 Å². The van der Waals surface area contributed by atoms with Crippen LogP contribution in [-0.2, 0) is 15.9 Å². The van der Waals surface area contributed by atoms with E-state index in [9.17, 15) is 13.6 Å². The molecule has 0 aliphatic rings. The van der Waals surface area contributed by atoms with E-state index in [1.165, 1.54) is 0 Å². The molecule has 0 aliphatic carbocycles. The predicted molar refractivity (Wildman–Crippen MR) is 30.5 cm³/mol. The van der Waals surface area contributed by atoms with Gasteiger partial charge in [0.1, 0.15) is 12.1 Å². The molecule has 7 heteroatoms. The Balaban J connectivity index is 5.19. The fourth-order valence-corrected chi connectivity index (χ4v) is 0.558. The third kappa shape index (κ3) is 1.34. The average molecular weight is 173 g/mol. The molecule has 0 fully saturated rings. The van der Waals surface area contributed by atoms with Crippen molar-refractivity contribution in [3.05, 3.63) is 0 Å². The van der Waals surface area contributed by atoms with Crippen LogP contribution in [0.4, 0.5) is 0 Å². The molecule has 0 saturated carbocycles. The van der Waals surface area contributed by atoms with Crippen LogP contribution in [0.5, 0.6) is 0 Å². The van der Waals surface area contributed by atoms with E-state index in [2.05, 4.69) is 0 Å². The number of carbonyl (C=O) groups is 1. The second-order valence-electron chi connectivity index (χ2n) is 1.44. The van der Waals surface area contributed by atoms with Crippen LogP contribution in [0.1, 0.15) is 0 Å². The Morgan fingerprint density at radius 2 is 1.91 bits per heavy atom. The molecule has 0 amide bonds. The molecule has 6 nitrogen and oxygen atoms in total. The quantitative estimate of drug-likeness (QED) is 0.519. The fourth-order valence-electron chi connectivity index (χ4n) is 0.266. The average Bonchev–Trinajstić information content (AvgIpc) is 1.90. The van der Waals surface area contributed by atoms with E-state index >= 15 is 0 Å². The van der Waals surface area contributed by atoms with Gasteiger partial charge in [-0.1, -0.05) is 0 Å². The number of carboxylic acids is 1. The monoisotopic (exact) mass is 173 g/mol. The summed E-state index contributed by atoms with van der Waals surface area (Å²) < 4.78 is 17.2. The van der Waals surface area contributed by atoms with Crippen LogP contribution in [0.25, 0.3) is 0 Å². The molecule has 1 N–H and O–H groups in total. The molecule has 0 radical (unpaired) electrons. The minimum atomic E-state index is -3.26. The molecule has 0 aromatic heterocycles. The van der Waals surface area contributed by atoms with Crippen molar-refractivity contribution < 1.29 is 18.7 Å². The van der Waals surface area contributed by atoms with Crippen LogP contribution < -0.4 is 0 Å². The van der Waals surface area contributed by atoms with E-state index in [-0.39, 0.29) is 0 Å². The summed E-state index contributed by atoms with van der Waals surface area (Å²) in [5.74, 6) is -1.99. The lowest BCUT2D eigenvalue weighted by molar-refractivity contribution is -0.137. The number of nitrogens with zero attached hydrogens (tertiary/aromatic N) is 2. The molecule has 11 heavy (non-hydrogen) atoms. The smallest absolute Gasteiger partial charge is 0.350 e. The number of hydrogen-bond acceptors (Lipinski definition) is 5. The van der Waals surface area contributed by atoms with Crippen LogP contribution in [0.2, 0.25) is 0 Å². The first kappa shape index (κ1) is 9.56. The molecule has 0 heterocycles. The summed E-state index contributed by atoms with van der Waals surface area (Å²) in [7, 11) is 0. The van der Waals surface area contributed by atoms with E-state index in [4.69, 9.17) is 15.6 Å². The van der Waals surface area contributed by atoms with Crippen LogP contribution >= 0.6 is 0 Å². The zero-order valence-electron chi connectivity index (χ0n) is 4.97. The van der Waals surface area contributed by atoms with E-state index in [1.807, 2.05) is 0 Å². The Bertz CT molecular complexity index is 255. The van der Waals surface area contributed by atoms with Gasteiger partial charge in [0.25, 0.3) is 4.75 Å². The Hall–Kier alpha value is -1.44. The SMILES string of the molecule is N#CC(C#N)(C(=O)O)S(=O)[O-]. The van der Waals surface area contributed by atoms with Gasteiger partial charge in [-0.15, -0.1) is 0 Å². The van der Waals surface area contributed by atoms with Gasteiger partial charge in [0.15, 0.2) is 0 Å². The highest BCUT2D eigenvalue weighted by Gasteiger charge is 2.41. The summed E-state index contributed by atoms with van der Waals surface area (Å²) in [6.07, 6.45) is 0. The first-order valence-electron chi connectivity index (χ1n) is 2.16. The summed E-state index contributed by atoms with van der Waals surface area (Å²) >= 11 is -3.26. The van der Waals surface area contributed by atoms with Crippen molar-refractivity contribution in [1.29, 1.82) is 10.5 Å². The van der Waals surface area contributed by atoms with Gasteiger partial charge in [0, 0.05) is 0 Å². The zero-order valence-corrected chi connectivity index (χ0v) is 5.79. The van der Waals surface area contributed by atoms with E-state index in [0.717, 1.165) is 12.1 Å². The van der Waals surface area contributed by atoms with E-state index in [0.29, 0.717) is 0 Å². The molecule has 1 unspecified atom stereocenters. The molecule has 58 valence electrons. The predicted octanol–water partition coefficient (Wildman–Crippen LogP) is -1.26. The van der Waals surface area contributed by atoms with Crippen molar-refractivity contribution in [2.24, 2.45) is 0 Å². The summed E-state index contributed by atoms with van der Waals surface area (Å²) in [6, 6.07) is 1.78. The lowest BCUT2D eigenvalue weighted by Gasteiger charge is -2.14. The first-order chi connectivity index (χ1) is 5.01. The van der Waals surface area contributed by atoms with Crippen molar-refractivity contribution in [2.45, 2.75) is 4.75 Å². The highest BCUT2D eigenvalue weighted by molar-refractivity contribution is 7.82. The number of carboxylic acid groups (broad SMARTS) is 1. The van der Waals surface area contributed by atoms with Crippen molar-refractivity contribution >= 4 is 17.0 Å². The van der Waals surface area contributed by atoms with Crippen LogP contribution in [0, 0.1) is 22.7 Å². The van der Waals surface area contributed by atoms with Gasteiger partial charge in [0.2, 0.25) is 0 Å². The Morgan fingerprint density at radius 1 is 1.55 bits per heavy atom. The largest absolute Gasteiger partial charge is 0.770 e. The van der Waals surface area contributed by atoms with E-state index < -0.39 is 21.8 Å². The van der Waals surface area contributed by atoms with E-state index in [1.54, 1.807) is 0 Å². The summed E-state index contributed by atoms with van der Waals surface area (Å²) in [5.41, 5.74) is 0. The van der Waals surface area contributed by atoms with Gasteiger partial charge in [0.05, 0.1) is 0 Å². The van der Waals surface area contributed by atoms with Gasteiger partial charge < -0.3 is 9.66 Å². The maximum Gasteiger partial charge on any atom is 0.350 e. The lowest BCUT2D eigenvalue weighted by atomic mass is 10.2. The Labute approximate surface area is 64.0 Å². The second kappa shape index (κ2) is 3.10. The lowest BCUT2D eigenvalue weighted by Crippen LogP contribution is -2.39. The molecule has 1 atom stereocenters. The third-order valence-corrected chi connectivity index (χ3v) is 1.72. The maximum atomic E-state index is 10.1. The standard InChI is InChI=1S/C4H2N2O4S/c5-1-4(2-6,3(7)8)11(9)10/h(H,7,8)(H,9,10)/p-1. The Kier molecular flexibility index (Phi) is 2.70. The Morgan fingerprint density at radius 3 is 1.91 bits per heavy atom. The summed E-state index contributed by atoms with van der Waals surface area (Å²) in [6.45, 7) is 0. The van der Waals surface area contributed by atoms with Crippen LogP contribution in [-0.4, -0.2) is 24.6 Å². The van der Waals surface area contributed by atoms with Crippen LogP contribution in [0.15, 0.2) is 0 Å². The summed E-state index contributed by atoms with van der Waals surface area (Å²) in [5, 5.41) is 24.3. The molecule has 0 spiro atoms. The first-order valence-corrected chi connectivity index (χ1v) is 3.24. The minimum absolute atomic E-state index is 0.891. The molecule has 0 aromatic carbocycles. The molecular weight excluding hydrogens is 172 g/mol. The molecule has 0 saturated heterocycles. The zero-order chi connectivity index (χ0) is 9.07. The van der Waals surface area contributed by atoms with Gasteiger partial charge in [-0.05, 0) is 11.1 Å². The fraction of sp³-hybridized carbons (Fsp3) is 0.250. The van der Waals surface area contributed by atoms with Gasteiger partial charge in [-0.25, -0.2) is 4.79 Å². The highest BCUT2D eigenvalue weighted by Crippen LogP contribution is 2.09. The molecule has 0 aliphatic heterocycles.